The van der Waals surface area contributed by atoms with E-state index < -0.39 is 0 Å². The molecule has 0 aliphatic carbocycles. The lowest BCUT2D eigenvalue weighted by Crippen LogP contribution is -2.45. The number of nitrogens with zero attached hydrogens (tertiary/aromatic N) is 5. The van der Waals surface area contributed by atoms with E-state index in [4.69, 9.17) is 14.5 Å². The fourth-order valence-electron chi connectivity index (χ4n) is 3.35. The summed E-state index contributed by atoms with van der Waals surface area (Å²) in [4.78, 5) is 9.16. The molecule has 0 unspecified atom stereocenters. The third-order valence-corrected chi connectivity index (χ3v) is 4.59. The maximum atomic E-state index is 5.76. The number of aromatic nitrogens is 3. The highest BCUT2D eigenvalue weighted by atomic mass is 16.7. The van der Waals surface area contributed by atoms with E-state index in [0.717, 1.165) is 50.8 Å². The molecular formula is C14H21N5O2. The van der Waals surface area contributed by atoms with Crippen molar-refractivity contribution >= 4 is 11.8 Å². The predicted molar refractivity (Wildman–Crippen MR) is 77.4 cm³/mol. The van der Waals surface area contributed by atoms with Gasteiger partial charge in [-0.1, -0.05) is 0 Å². The maximum absolute atomic E-state index is 5.76. The second kappa shape index (κ2) is 5.38. The second-order valence-corrected chi connectivity index (χ2v) is 5.90. The molecule has 4 heterocycles. The minimum Gasteiger partial charge on any atom is -0.355 e. The molecule has 1 aromatic heterocycles. The number of rotatable bonds is 2. The van der Waals surface area contributed by atoms with E-state index >= 15 is 0 Å². The minimum atomic E-state index is -0.351. The molecule has 0 radical (unpaired) electrons. The molecular weight excluding hydrogens is 270 g/mol. The largest absolute Gasteiger partial charge is 0.355 e. The van der Waals surface area contributed by atoms with Crippen molar-refractivity contribution in [1.82, 2.24) is 15.2 Å². The van der Waals surface area contributed by atoms with Gasteiger partial charge in [0.25, 0.3) is 0 Å². The number of ether oxygens (including phenoxy) is 2. The molecule has 1 spiro atoms. The molecule has 3 aliphatic heterocycles. The highest BCUT2D eigenvalue weighted by Crippen LogP contribution is 2.32. The first-order valence-electron chi connectivity index (χ1n) is 7.82. The third-order valence-electron chi connectivity index (χ3n) is 4.59. The molecule has 3 fully saturated rings. The molecule has 7 heteroatoms. The summed E-state index contributed by atoms with van der Waals surface area (Å²) in [5.41, 5.74) is 0. The normalized spacial score (nSPS) is 25.0. The van der Waals surface area contributed by atoms with Gasteiger partial charge in [0.2, 0.25) is 5.95 Å². The second-order valence-electron chi connectivity index (χ2n) is 5.90. The molecule has 0 bridgehead atoms. The Balaban J connectivity index is 1.45. The van der Waals surface area contributed by atoms with Crippen LogP contribution in [-0.2, 0) is 9.47 Å². The quantitative estimate of drug-likeness (QED) is 0.799. The summed E-state index contributed by atoms with van der Waals surface area (Å²) in [6, 6.07) is 0. The molecule has 21 heavy (non-hydrogen) atoms. The lowest BCUT2D eigenvalue weighted by molar-refractivity contribution is -0.169. The summed E-state index contributed by atoms with van der Waals surface area (Å²) < 4.78 is 11.5. The van der Waals surface area contributed by atoms with E-state index in [1.807, 2.05) is 0 Å². The van der Waals surface area contributed by atoms with Gasteiger partial charge in [0.1, 0.15) is 0 Å². The fraction of sp³-hybridized carbons (Fsp3) is 0.786. The van der Waals surface area contributed by atoms with Gasteiger partial charge in [0, 0.05) is 39.0 Å². The first-order chi connectivity index (χ1) is 10.3. The first kappa shape index (κ1) is 13.2. The summed E-state index contributed by atoms with van der Waals surface area (Å²) in [5, 5.41) is 8.34. The molecule has 0 aromatic carbocycles. The average Bonchev–Trinajstić information content (AvgIpc) is 3.20. The number of piperidine rings is 1. The van der Waals surface area contributed by atoms with Gasteiger partial charge in [-0.2, -0.15) is 10.1 Å². The van der Waals surface area contributed by atoms with Crippen LogP contribution in [0, 0.1) is 0 Å². The zero-order valence-corrected chi connectivity index (χ0v) is 12.2. The molecule has 7 nitrogen and oxygen atoms in total. The predicted octanol–water partition coefficient (Wildman–Crippen LogP) is 0.815. The fourth-order valence-corrected chi connectivity index (χ4v) is 3.35. The molecule has 114 valence electrons. The van der Waals surface area contributed by atoms with Gasteiger partial charge in [-0.3, -0.25) is 0 Å². The molecule has 3 aliphatic rings. The highest BCUT2D eigenvalue weighted by Gasteiger charge is 2.40. The van der Waals surface area contributed by atoms with Crippen LogP contribution >= 0.6 is 0 Å². The summed E-state index contributed by atoms with van der Waals surface area (Å²) in [5.74, 6) is 1.33. The zero-order chi connectivity index (χ0) is 14.1. The summed E-state index contributed by atoms with van der Waals surface area (Å²) in [6.07, 6.45) is 5.97. The average molecular weight is 291 g/mol. The lowest BCUT2D eigenvalue weighted by Gasteiger charge is -2.37. The molecule has 3 saturated heterocycles. The minimum absolute atomic E-state index is 0.351. The van der Waals surface area contributed by atoms with Crippen molar-refractivity contribution in [3.05, 3.63) is 6.20 Å². The summed E-state index contributed by atoms with van der Waals surface area (Å²) in [7, 11) is 0. The van der Waals surface area contributed by atoms with E-state index in [0.29, 0.717) is 13.2 Å². The van der Waals surface area contributed by atoms with Gasteiger partial charge in [0.05, 0.1) is 19.4 Å². The number of hydrogen-bond donors (Lipinski definition) is 0. The number of anilines is 2. The van der Waals surface area contributed by atoms with Crippen LogP contribution in [0.3, 0.4) is 0 Å². The van der Waals surface area contributed by atoms with Gasteiger partial charge in [-0.15, -0.1) is 5.10 Å². The van der Waals surface area contributed by atoms with Crippen LogP contribution in [0.4, 0.5) is 11.8 Å². The molecule has 0 atom stereocenters. The van der Waals surface area contributed by atoms with Crippen LogP contribution in [-0.4, -0.2) is 60.4 Å². The van der Waals surface area contributed by atoms with Crippen molar-refractivity contribution in [3.63, 3.8) is 0 Å². The van der Waals surface area contributed by atoms with Crippen LogP contribution in [0.15, 0.2) is 6.20 Å². The topological polar surface area (TPSA) is 63.6 Å². The van der Waals surface area contributed by atoms with Gasteiger partial charge in [-0.25, -0.2) is 0 Å². The van der Waals surface area contributed by atoms with Crippen molar-refractivity contribution in [2.45, 2.75) is 31.5 Å². The van der Waals surface area contributed by atoms with E-state index in [1.54, 1.807) is 6.20 Å². The lowest BCUT2D eigenvalue weighted by atomic mass is 10.0. The highest BCUT2D eigenvalue weighted by molar-refractivity contribution is 5.42. The zero-order valence-electron chi connectivity index (χ0n) is 12.2. The van der Waals surface area contributed by atoms with Gasteiger partial charge < -0.3 is 19.3 Å². The molecule has 4 rings (SSSR count). The van der Waals surface area contributed by atoms with E-state index in [9.17, 15) is 0 Å². The Bertz CT molecular complexity index is 490. The summed E-state index contributed by atoms with van der Waals surface area (Å²) in [6.45, 7) is 5.27. The number of hydrogen-bond acceptors (Lipinski definition) is 7. The Morgan fingerprint density at radius 2 is 1.67 bits per heavy atom. The van der Waals surface area contributed by atoms with Gasteiger partial charge >= 0.3 is 0 Å². The Morgan fingerprint density at radius 3 is 2.38 bits per heavy atom. The summed E-state index contributed by atoms with van der Waals surface area (Å²) >= 11 is 0. The van der Waals surface area contributed by atoms with Crippen molar-refractivity contribution < 1.29 is 9.47 Å². The Hall–Kier alpha value is -1.47. The maximum Gasteiger partial charge on any atom is 0.247 e. The van der Waals surface area contributed by atoms with Crippen molar-refractivity contribution in [2.24, 2.45) is 0 Å². The Kier molecular flexibility index (Phi) is 3.39. The third kappa shape index (κ3) is 2.55. The van der Waals surface area contributed by atoms with Crippen LogP contribution < -0.4 is 9.80 Å². The van der Waals surface area contributed by atoms with Crippen LogP contribution in [0.1, 0.15) is 25.7 Å². The molecule has 0 amide bonds. The molecule has 0 saturated carbocycles. The van der Waals surface area contributed by atoms with Crippen molar-refractivity contribution in [2.75, 3.05) is 49.2 Å². The molecule has 1 aromatic rings. The smallest absolute Gasteiger partial charge is 0.247 e. The molecule has 0 N–H and O–H groups in total. The van der Waals surface area contributed by atoms with Gasteiger partial charge in [0.15, 0.2) is 11.6 Å². The van der Waals surface area contributed by atoms with E-state index in [2.05, 4.69) is 20.0 Å². The van der Waals surface area contributed by atoms with Crippen molar-refractivity contribution in [1.29, 1.82) is 0 Å². The van der Waals surface area contributed by atoms with Crippen LogP contribution in [0.5, 0.6) is 0 Å². The van der Waals surface area contributed by atoms with E-state index in [-0.39, 0.29) is 5.79 Å². The van der Waals surface area contributed by atoms with Crippen LogP contribution in [0.25, 0.3) is 0 Å². The monoisotopic (exact) mass is 291 g/mol. The first-order valence-corrected chi connectivity index (χ1v) is 7.82. The van der Waals surface area contributed by atoms with Crippen LogP contribution in [0.2, 0.25) is 0 Å². The van der Waals surface area contributed by atoms with Crippen molar-refractivity contribution in [3.8, 4) is 0 Å². The standard InChI is InChI=1S/C14H21N5O2/c1-2-6-18(5-1)12-11-15-17-13(16-12)19-7-3-14(4-8-19)20-9-10-21-14/h11H,1-10H2. The Morgan fingerprint density at radius 1 is 0.952 bits per heavy atom. The SMILES string of the molecule is c1nnc(N2CCC3(CC2)OCCO3)nc1N1CCCC1. The van der Waals surface area contributed by atoms with E-state index in [1.165, 1.54) is 12.8 Å². The van der Waals surface area contributed by atoms with Gasteiger partial charge in [-0.05, 0) is 12.8 Å². The Labute approximate surface area is 124 Å².